The van der Waals surface area contributed by atoms with Gasteiger partial charge in [-0.1, -0.05) is 0 Å². The van der Waals surface area contributed by atoms with Crippen LogP contribution >= 0.6 is 0 Å². The van der Waals surface area contributed by atoms with E-state index in [1.165, 1.54) is 6.20 Å². The molecule has 5 nitrogen and oxygen atoms in total. The molecule has 0 aliphatic carbocycles. The van der Waals surface area contributed by atoms with Crippen molar-refractivity contribution in [2.75, 3.05) is 13.7 Å². The number of hydrogen-bond donors (Lipinski definition) is 1. The quantitative estimate of drug-likeness (QED) is 0.822. The Kier molecular flexibility index (Phi) is 3.62. The summed E-state index contributed by atoms with van der Waals surface area (Å²) in [5, 5.41) is 6.65. The first kappa shape index (κ1) is 12.2. The first-order valence-electron chi connectivity index (χ1n) is 5.60. The molecular formula is C13H14N2O3. The van der Waals surface area contributed by atoms with Crippen LogP contribution in [0.3, 0.4) is 0 Å². The molecule has 1 aromatic carbocycles. The van der Waals surface area contributed by atoms with Crippen LogP contribution in [0.2, 0.25) is 0 Å². The van der Waals surface area contributed by atoms with Crippen LogP contribution in [0.5, 0.6) is 11.5 Å². The lowest BCUT2D eigenvalue weighted by Gasteiger charge is -2.10. The first-order valence-corrected chi connectivity index (χ1v) is 5.60. The lowest BCUT2D eigenvalue weighted by Crippen LogP contribution is -1.96. The van der Waals surface area contributed by atoms with Crippen molar-refractivity contribution in [2.24, 2.45) is 0 Å². The van der Waals surface area contributed by atoms with E-state index in [1.807, 2.05) is 25.1 Å². The van der Waals surface area contributed by atoms with Crippen LogP contribution in [0, 0.1) is 0 Å². The van der Waals surface area contributed by atoms with E-state index in [0.717, 1.165) is 11.8 Å². The van der Waals surface area contributed by atoms with Crippen LogP contribution in [0.25, 0.3) is 11.3 Å². The lowest BCUT2D eigenvalue weighted by atomic mass is 10.1. The van der Waals surface area contributed by atoms with Gasteiger partial charge in [0.1, 0.15) is 0 Å². The second-order valence-electron chi connectivity index (χ2n) is 3.62. The van der Waals surface area contributed by atoms with Gasteiger partial charge in [0.15, 0.2) is 17.8 Å². The van der Waals surface area contributed by atoms with Crippen molar-refractivity contribution in [3.8, 4) is 22.8 Å². The Balaban J connectivity index is 2.44. The van der Waals surface area contributed by atoms with E-state index in [-0.39, 0.29) is 0 Å². The summed E-state index contributed by atoms with van der Waals surface area (Å²) in [6.07, 6.45) is 2.26. The average molecular weight is 246 g/mol. The largest absolute Gasteiger partial charge is 0.493 e. The van der Waals surface area contributed by atoms with Crippen LogP contribution in [0.4, 0.5) is 0 Å². The Morgan fingerprint density at radius 2 is 2.22 bits per heavy atom. The monoisotopic (exact) mass is 246 g/mol. The number of nitrogens with one attached hydrogen (secondary N) is 1. The number of benzene rings is 1. The smallest absolute Gasteiger partial charge is 0.161 e. The second kappa shape index (κ2) is 5.35. The van der Waals surface area contributed by atoms with Crippen molar-refractivity contribution in [2.45, 2.75) is 6.92 Å². The average Bonchev–Trinajstić information content (AvgIpc) is 2.88. The molecule has 2 aromatic rings. The standard InChI is InChI=1S/C13H14N2O3/c1-3-18-11-5-4-9(6-12(11)17-2)13-10(8-16)7-14-15-13/h4-8H,3H2,1-2H3,(H,14,15). The molecule has 0 radical (unpaired) electrons. The van der Waals surface area contributed by atoms with E-state index >= 15 is 0 Å². The summed E-state index contributed by atoms with van der Waals surface area (Å²) in [6, 6.07) is 5.48. The van der Waals surface area contributed by atoms with Crippen molar-refractivity contribution < 1.29 is 14.3 Å². The Morgan fingerprint density at radius 1 is 1.39 bits per heavy atom. The van der Waals surface area contributed by atoms with E-state index in [2.05, 4.69) is 10.2 Å². The maximum Gasteiger partial charge on any atom is 0.161 e. The zero-order chi connectivity index (χ0) is 13.0. The SMILES string of the molecule is CCOc1ccc(-c2[nH]ncc2C=O)cc1OC. The minimum Gasteiger partial charge on any atom is -0.493 e. The molecule has 0 fully saturated rings. The molecule has 18 heavy (non-hydrogen) atoms. The fourth-order valence-electron chi connectivity index (χ4n) is 1.71. The number of ether oxygens (including phenoxy) is 2. The van der Waals surface area contributed by atoms with Gasteiger partial charge in [-0.15, -0.1) is 0 Å². The number of aromatic nitrogens is 2. The summed E-state index contributed by atoms with van der Waals surface area (Å²) in [6.45, 7) is 2.48. The number of rotatable bonds is 5. The van der Waals surface area contributed by atoms with Crippen LogP contribution in [0.15, 0.2) is 24.4 Å². The third-order valence-corrected chi connectivity index (χ3v) is 2.55. The van der Waals surface area contributed by atoms with E-state index in [0.29, 0.717) is 29.4 Å². The lowest BCUT2D eigenvalue weighted by molar-refractivity contribution is 0.112. The predicted molar refractivity (Wildman–Crippen MR) is 67.1 cm³/mol. The van der Waals surface area contributed by atoms with Gasteiger partial charge in [0, 0.05) is 5.56 Å². The Hall–Kier alpha value is -2.30. The summed E-state index contributed by atoms with van der Waals surface area (Å²) in [5.74, 6) is 1.30. The number of nitrogens with zero attached hydrogens (tertiary/aromatic N) is 1. The molecular weight excluding hydrogens is 232 g/mol. The molecule has 0 amide bonds. The fraction of sp³-hybridized carbons (Fsp3) is 0.231. The molecule has 2 rings (SSSR count). The maximum atomic E-state index is 10.9. The maximum absolute atomic E-state index is 10.9. The molecule has 0 aliphatic rings. The zero-order valence-electron chi connectivity index (χ0n) is 10.3. The third kappa shape index (κ3) is 2.20. The summed E-state index contributed by atoms with van der Waals surface area (Å²) in [7, 11) is 1.58. The van der Waals surface area contributed by atoms with Crippen LogP contribution in [0.1, 0.15) is 17.3 Å². The highest BCUT2D eigenvalue weighted by Crippen LogP contribution is 2.32. The van der Waals surface area contributed by atoms with Crippen LogP contribution < -0.4 is 9.47 Å². The number of methoxy groups -OCH3 is 1. The molecule has 1 N–H and O–H groups in total. The highest BCUT2D eigenvalue weighted by Gasteiger charge is 2.11. The van der Waals surface area contributed by atoms with Gasteiger partial charge in [-0.05, 0) is 25.1 Å². The second-order valence-corrected chi connectivity index (χ2v) is 3.62. The molecule has 0 unspecified atom stereocenters. The van der Waals surface area contributed by atoms with Crippen molar-refractivity contribution >= 4 is 6.29 Å². The molecule has 0 bridgehead atoms. The zero-order valence-corrected chi connectivity index (χ0v) is 10.3. The summed E-state index contributed by atoms with van der Waals surface area (Å²) >= 11 is 0. The van der Waals surface area contributed by atoms with Gasteiger partial charge in [0.2, 0.25) is 0 Å². The number of hydrogen-bond acceptors (Lipinski definition) is 4. The number of carbonyl (C=O) groups is 1. The minimum absolute atomic E-state index is 0.515. The van der Waals surface area contributed by atoms with Gasteiger partial charge in [-0.3, -0.25) is 9.89 Å². The van der Waals surface area contributed by atoms with Gasteiger partial charge in [-0.25, -0.2) is 0 Å². The predicted octanol–water partition coefficient (Wildman–Crippen LogP) is 2.30. The van der Waals surface area contributed by atoms with Crippen molar-refractivity contribution in [3.05, 3.63) is 30.0 Å². The number of H-pyrrole nitrogens is 1. The molecule has 0 aliphatic heterocycles. The Labute approximate surface area is 105 Å². The minimum atomic E-state index is 0.515. The topological polar surface area (TPSA) is 64.2 Å². The van der Waals surface area contributed by atoms with Crippen molar-refractivity contribution in [3.63, 3.8) is 0 Å². The molecule has 1 aromatic heterocycles. The number of aromatic amines is 1. The van der Waals surface area contributed by atoms with Gasteiger partial charge in [-0.2, -0.15) is 5.10 Å². The Morgan fingerprint density at radius 3 is 2.89 bits per heavy atom. The molecule has 0 saturated carbocycles. The number of carbonyl (C=O) groups excluding carboxylic acids is 1. The van der Waals surface area contributed by atoms with Gasteiger partial charge >= 0.3 is 0 Å². The van der Waals surface area contributed by atoms with Gasteiger partial charge in [0.05, 0.1) is 31.2 Å². The molecule has 1 heterocycles. The van der Waals surface area contributed by atoms with E-state index < -0.39 is 0 Å². The third-order valence-electron chi connectivity index (χ3n) is 2.55. The summed E-state index contributed by atoms with van der Waals surface area (Å²) < 4.78 is 10.7. The van der Waals surface area contributed by atoms with Crippen LogP contribution in [-0.2, 0) is 0 Å². The summed E-state index contributed by atoms with van der Waals surface area (Å²) in [4.78, 5) is 10.9. The highest BCUT2D eigenvalue weighted by atomic mass is 16.5. The van der Waals surface area contributed by atoms with E-state index in [4.69, 9.17) is 9.47 Å². The molecule has 0 spiro atoms. The fourth-order valence-corrected chi connectivity index (χ4v) is 1.71. The van der Waals surface area contributed by atoms with Crippen molar-refractivity contribution in [1.82, 2.24) is 10.2 Å². The normalized spacial score (nSPS) is 10.1. The Bertz CT molecular complexity index is 549. The van der Waals surface area contributed by atoms with Gasteiger partial charge < -0.3 is 9.47 Å². The van der Waals surface area contributed by atoms with E-state index in [9.17, 15) is 4.79 Å². The molecule has 5 heteroatoms. The van der Waals surface area contributed by atoms with E-state index in [1.54, 1.807) is 7.11 Å². The highest BCUT2D eigenvalue weighted by molar-refractivity contribution is 5.85. The van der Waals surface area contributed by atoms with Gasteiger partial charge in [0.25, 0.3) is 0 Å². The van der Waals surface area contributed by atoms with Crippen LogP contribution in [-0.4, -0.2) is 30.2 Å². The first-order chi connectivity index (χ1) is 8.80. The molecule has 0 saturated heterocycles. The summed E-state index contributed by atoms with van der Waals surface area (Å²) in [5.41, 5.74) is 2.02. The molecule has 94 valence electrons. The number of aldehydes is 1. The van der Waals surface area contributed by atoms with Crippen molar-refractivity contribution in [1.29, 1.82) is 0 Å². The molecule has 0 atom stereocenters.